The number of pyridine rings is 1. The molecule has 2 aromatic heterocycles. The molecule has 20 heavy (non-hydrogen) atoms. The van der Waals surface area contributed by atoms with Gasteiger partial charge in [-0.05, 0) is 22.0 Å². The molecule has 1 amide bonds. The van der Waals surface area contributed by atoms with Crippen molar-refractivity contribution in [3.05, 3.63) is 32.8 Å². The number of amides is 1. The molecule has 2 aromatic rings. The summed E-state index contributed by atoms with van der Waals surface area (Å²) in [5.74, 6) is 0.624. The number of carbonyl (C=O) groups is 1. The molecule has 2 heterocycles. The van der Waals surface area contributed by atoms with Crippen LogP contribution in [0, 0.1) is 0 Å². The maximum Gasteiger partial charge on any atom is 0.404 e. The van der Waals surface area contributed by atoms with Crippen LogP contribution in [0.4, 0.5) is 4.79 Å². The summed E-state index contributed by atoms with van der Waals surface area (Å²) < 4.78 is 7.80. The number of fused-ring (bicyclic) bond motifs is 1. The second kappa shape index (κ2) is 6.10. The zero-order valence-corrected chi connectivity index (χ0v) is 12.4. The summed E-state index contributed by atoms with van der Waals surface area (Å²) >= 11 is 3.36. The first kappa shape index (κ1) is 14.6. The van der Waals surface area contributed by atoms with Gasteiger partial charge >= 0.3 is 6.09 Å². The number of rotatable bonds is 5. The molecular formula is C12H14BrN3O4. The molecular weight excluding hydrogens is 330 g/mol. The second-order valence-electron chi connectivity index (χ2n) is 4.26. The highest BCUT2D eigenvalue weighted by Gasteiger charge is 2.11. The van der Waals surface area contributed by atoms with Crippen molar-refractivity contribution in [3.8, 4) is 0 Å². The van der Waals surface area contributed by atoms with Crippen molar-refractivity contribution < 1.29 is 14.3 Å². The first-order valence-electron chi connectivity index (χ1n) is 5.94. The van der Waals surface area contributed by atoms with E-state index < -0.39 is 6.09 Å². The lowest BCUT2D eigenvalue weighted by Gasteiger charge is -2.02. The average Bonchev–Trinajstić information content (AvgIpc) is 2.80. The SMILES string of the molecule is Cn1cc(Br)c2oc(CNCCNC(=O)O)cc2c1=O. The van der Waals surface area contributed by atoms with Crippen LogP contribution in [0.25, 0.3) is 11.0 Å². The number of nitrogens with one attached hydrogen (secondary N) is 2. The number of furan rings is 1. The van der Waals surface area contributed by atoms with Crippen molar-refractivity contribution in [1.29, 1.82) is 0 Å². The van der Waals surface area contributed by atoms with E-state index in [9.17, 15) is 9.59 Å². The third kappa shape index (κ3) is 3.20. The Balaban J connectivity index is 2.05. The van der Waals surface area contributed by atoms with E-state index in [4.69, 9.17) is 9.52 Å². The zero-order valence-electron chi connectivity index (χ0n) is 10.8. The molecule has 0 aliphatic rings. The van der Waals surface area contributed by atoms with Crippen molar-refractivity contribution in [2.45, 2.75) is 6.54 Å². The Hall–Kier alpha value is -1.80. The summed E-state index contributed by atoms with van der Waals surface area (Å²) in [6.45, 7) is 1.20. The minimum absolute atomic E-state index is 0.120. The lowest BCUT2D eigenvalue weighted by molar-refractivity contribution is 0.194. The molecule has 0 spiro atoms. The maximum absolute atomic E-state index is 11.9. The van der Waals surface area contributed by atoms with Crippen LogP contribution < -0.4 is 16.2 Å². The third-order valence-corrected chi connectivity index (χ3v) is 3.30. The van der Waals surface area contributed by atoms with Crippen molar-refractivity contribution in [3.63, 3.8) is 0 Å². The van der Waals surface area contributed by atoms with E-state index in [2.05, 4.69) is 26.6 Å². The molecule has 8 heteroatoms. The largest absolute Gasteiger partial charge is 0.465 e. The first-order chi connectivity index (χ1) is 9.49. The molecule has 0 aliphatic carbocycles. The normalized spacial score (nSPS) is 10.9. The van der Waals surface area contributed by atoms with Gasteiger partial charge in [0.15, 0.2) is 5.58 Å². The fourth-order valence-electron chi connectivity index (χ4n) is 1.81. The predicted molar refractivity (Wildman–Crippen MR) is 76.9 cm³/mol. The van der Waals surface area contributed by atoms with Crippen molar-refractivity contribution in [1.82, 2.24) is 15.2 Å². The Kier molecular flexibility index (Phi) is 4.46. The smallest absolute Gasteiger partial charge is 0.404 e. The van der Waals surface area contributed by atoms with Gasteiger partial charge in [-0.3, -0.25) is 4.79 Å². The predicted octanol–water partition coefficient (Wildman–Crippen LogP) is 1.25. The monoisotopic (exact) mass is 343 g/mol. The molecule has 0 fully saturated rings. The highest BCUT2D eigenvalue weighted by Crippen LogP contribution is 2.24. The molecule has 3 N–H and O–H groups in total. The zero-order chi connectivity index (χ0) is 14.7. The summed E-state index contributed by atoms with van der Waals surface area (Å²) in [5.41, 5.74) is 0.402. The van der Waals surface area contributed by atoms with Gasteiger partial charge in [0, 0.05) is 26.3 Å². The first-order valence-corrected chi connectivity index (χ1v) is 6.73. The molecule has 0 atom stereocenters. The average molecular weight is 344 g/mol. The van der Waals surface area contributed by atoms with Gasteiger partial charge in [-0.2, -0.15) is 0 Å². The summed E-state index contributed by atoms with van der Waals surface area (Å²) in [5, 5.41) is 14.2. The van der Waals surface area contributed by atoms with Gasteiger partial charge in [0.1, 0.15) is 5.76 Å². The van der Waals surface area contributed by atoms with Gasteiger partial charge in [0.2, 0.25) is 0 Å². The fraction of sp³-hybridized carbons (Fsp3) is 0.333. The maximum atomic E-state index is 11.9. The molecule has 7 nitrogen and oxygen atoms in total. The van der Waals surface area contributed by atoms with Crippen LogP contribution in [0.3, 0.4) is 0 Å². The third-order valence-electron chi connectivity index (χ3n) is 2.74. The Morgan fingerprint density at radius 2 is 2.25 bits per heavy atom. The Morgan fingerprint density at radius 1 is 1.50 bits per heavy atom. The molecule has 0 aliphatic heterocycles. The summed E-state index contributed by atoms with van der Waals surface area (Å²) in [6, 6.07) is 1.69. The minimum atomic E-state index is -1.05. The Bertz CT molecular complexity index is 692. The number of hydrogen-bond acceptors (Lipinski definition) is 4. The number of hydrogen-bond donors (Lipinski definition) is 3. The molecule has 0 bridgehead atoms. The standard InChI is InChI=1S/C12H14BrN3O4/c1-16-6-9(13)10-8(11(16)17)4-7(20-10)5-14-2-3-15-12(18)19/h4,6,14-15H,2-3,5H2,1H3,(H,18,19). The topological polar surface area (TPSA) is 96.5 Å². The highest BCUT2D eigenvalue weighted by atomic mass is 79.9. The van der Waals surface area contributed by atoms with E-state index in [0.29, 0.717) is 40.8 Å². The van der Waals surface area contributed by atoms with Crippen molar-refractivity contribution >= 4 is 33.0 Å². The number of nitrogens with zero attached hydrogens (tertiary/aromatic N) is 1. The Labute approximate surface area is 122 Å². The van der Waals surface area contributed by atoms with Gasteiger partial charge in [0.05, 0.1) is 16.4 Å². The van der Waals surface area contributed by atoms with E-state index in [0.717, 1.165) is 0 Å². The van der Waals surface area contributed by atoms with Crippen molar-refractivity contribution in [2.24, 2.45) is 7.05 Å². The van der Waals surface area contributed by atoms with E-state index in [1.165, 1.54) is 4.57 Å². The second-order valence-corrected chi connectivity index (χ2v) is 5.11. The summed E-state index contributed by atoms with van der Waals surface area (Å²) in [7, 11) is 1.68. The number of aryl methyl sites for hydroxylation is 1. The number of halogens is 1. The van der Waals surface area contributed by atoms with Crippen LogP contribution in [-0.4, -0.2) is 28.9 Å². The van der Waals surface area contributed by atoms with Gasteiger partial charge in [0.25, 0.3) is 5.56 Å². The van der Waals surface area contributed by atoms with E-state index in [1.807, 2.05) is 0 Å². The molecule has 0 aromatic carbocycles. The minimum Gasteiger partial charge on any atom is -0.465 e. The summed E-state index contributed by atoms with van der Waals surface area (Å²) in [6.07, 6.45) is 0.602. The van der Waals surface area contributed by atoms with Crippen LogP contribution in [0.2, 0.25) is 0 Å². The molecule has 2 rings (SSSR count). The van der Waals surface area contributed by atoms with Crippen LogP contribution in [0.5, 0.6) is 0 Å². The van der Waals surface area contributed by atoms with Crippen LogP contribution in [0.1, 0.15) is 5.76 Å². The van der Waals surface area contributed by atoms with Crippen LogP contribution >= 0.6 is 15.9 Å². The van der Waals surface area contributed by atoms with Crippen LogP contribution in [0.15, 0.2) is 25.9 Å². The van der Waals surface area contributed by atoms with Gasteiger partial charge in [-0.25, -0.2) is 4.79 Å². The molecule has 108 valence electrons. The fourth-order valence-corrected chi connectivity index (χ4v) is 2.41. The van der Waals surface area contributed by atoms with E-state index >= 15 is 0 Å². The lowest BCUT2D eigenvalue weighted by atomic mass is 10.3. The van der Waals surface area contributed by atoms with Gasteiger partial charge in [-0.15, -0.1) is 0 Å². The lowest BCUT2D eigenvalue weighted by Crippen LogP contribution is -2.30. The highest BCUT2D eigenvalue weighted by molar-refractivity contribution is 9.10. The molecule has 0 saturated carbocycles. The number of carboxylic acid groups (broad SMARTS) is 1. The molecule has 0 radical (unpaired) electrons. The Morgan fingerprint density at radius 3 is 2.95 bits per heavy atom. The van der Waals surface area contributed by atoms with E-state index in [-0.39, 0.29) is 5.56 Å². The van der Waals surface area contributed by atoms with Gasteiger partial charge < -0.3 is 24.7 Å². The van der Waals surface area contributed by atoms with Crippen molar-refractivity contribution in [2.75, 3.05) is 13.1 Å². The van der Waals surface area contributed by atoms with Gasteiger partial charge in [-0.1, -0.05) is 0 Å². The van der Waals surface area contributed by atoms with Crippen LogP contribution in [-0.2, 0) is 13.6 Å². The molecule has 0 unspecified atom stereocenters. The molecule has 0 saturated heterocycles. The quantitative estimate of drug-likeness (QED) is 0.710. The van der Waals surface area contributed by atoms with E-state index in [1.54, 1.807) is 19.3 Å². The number of aromatic nitrogens is 1. The summed E-state index contributed by atoms with van der Waals surface area (Å²) in [4.78, 5) is 22.2.